The number of benzene rings is 3. The van der Waals surface area contributed by atoms with Gasteiger partial charge in [-0.05, 0) is 66.6 Å². The van der Waals surface area contributed by atoms with Crippen LogP contribution in [-0.2, 0) is 4.79 Å². The molecule has 1 aliphatic carbocycles. The van der Waals surface area contributed by atoms with Gasteiger partial charge in [-0.1, -0.05) is 52.5 Å². The predicted molar refractivity (Wildman–Crippen MR) is 141 cm³/mol. The average molecular weight is 577 g/mol. The Morgan fingerprint density at radius 1 is 0.794 bits per heavy atom. The minimum absolute atomic E-state index is 0.174. The van der Waals surface area contributed by atoms with E-state index in [1.807, 2.05) is 6.92 Å². The molecular weight excluding hydrogens is 561 g/mol. The van der Waals surface area contributed by atoms with Crippen LogP contribution in [0.15, 0.2) is 54.6 Å². The Morgan fingerprint density at radius 2 is 1.41 bits per heavy atom. The molecule has 2 amide bonds. The van der Waals surface area contributed by atoms with Gasteiger partial charge in [-0.2, -0.15) is 0 Å². The fourth-order valence-corrected chi connectivity index (χ4v) is 5.44. The van der Waals surface area contributed by atoms with E-state index in [4.69, 9.17) is 69.6 Å². The van der Waals surface area contributed by atoms with Gasteiger partial charge < -0.3 is 10.6 Å². The molecular formula is C24H16Cl6N2O2. The van der Waals surface area contributed by atoms with Crippen LogP contribution in [0.4, 0.5) is 11.4 Å². The summed E-state index contributed by atoms with van der Waals surface area (Å²) in [6, 6.07) is 14.7. The summed E-state index contributed by atoms with van der Waals surface area (Å²) in [5.41, 5.74) is 2.60. The molecule has 0 spiro atoms. The highest BCUT2D eigenvalue weighted by Gasteiger charge is 2.67. The summed E-state index contributed by atoms with van der Waals surface area (Å²) in [4.78, 5) is 25.8. The van der Waals surface area contributed by atoms with E-state index < -0.39 is 28.0 Å². The van der Waals surface area contributed by atoms with Crippen LogP contribution in [0.1, 0.15) is 27.4 Å². The fourth-order valence-electron chi connectivity index (χ4n) is 3.69. The van der Waals surface area contributed by atoms with Crippen molar-refractivity contribution in [2.75, 3.05) is 10.6 Å². The van der Waals surface area contributed by atoms with Gasteiger partial charge in [-0.15, -0.1) is 23.2 Å². The lowest BCUT2D eigenvalue weighted by atomic mass is 10.1. The van der Waals surface area contributed by atoms with Gasteiger partial charge in [0.05, 0.1) is 16.5 Å². The summed E-state index contributed by atoms with van der Waals surface area (Å²) in [6.07, 6.45) is 0. The van der Waals surface area contributed by atoms with Crippen molar-refractivity contribution in [3.05, 3.63) is 91.4 Å². The van der Waals surface area contributed by atoms with Crippen LogP contribution >= 0.6 is 69.6 Å². The third-order valence-electron chi connectivity index (χ3n) is 5.49. The van der Waals surface area contributed by atoms with Crippen molar-refractivity contribution in [3.63, 3.8) is 0 Å². The van der Waals surface area contributed by atoms with Crippen molar-refractivity contribution in [3.8, 4) is 0 Å². The molecule has 1 saturated carbocycles. The Morgan fingerprint density at radius 3 is 2.06 bits per heavy atom. The maximum Gasteiger partial charge on any atom is 0.257 e. The normalized spacial score (nSPS) is 18.3. The van der Waals surface area contributed by atoms with E-state index in [1.54, 1.807) is 42.5 Å². The Bertz CT molecular complexity index is 1290. The number of hydrogen-bond donors (Lipinski definition) is 2. The smallest absolute Gasteiger partial charge is 0.257 e. The van der Waals surface area contributed by atoms with Crippen LogP contribution in [0.5, 0.6) is 0 Å². The van der Waals surface area contributed by atoms with Crippen LogP contribution in [0.3, 0.4) is 0 Å². The van der Waals surface area contributed by atoms with E-state index in [1.165, 1.54) is 12.1 Å². The molecule has 176 valence electrons. The molecule has 0 saturated heterocycles. The molecule has 1 fully saturated rings. The van der Waals surface area contributed by atoms with Gasteiger partial charge in [0.25, 0.3) is 5.91 Å². The molecule has 4 rings (SSSR count). The highest BCUT2D eigenvalue weighted by atomic mass is 35.5. The Hall–Kier alpha value is -1.66. The molecule has 2 atom stereocenters. The first-order chi connectivity index (χ1) is 16.0. The van der Waals surface area contributed by atoms with Gasteiger partial charge in [0, 0.05) is 32.4 Å². The Balaban J connectivity index is 1.51. The van der Waals surface area contributed by atoms with Crippen LogP contribution in [-0.4, -0.2) is 16.1 Å². The molecule has 1 aliphatic rings. The molecule has 0 radical (unpaired) electrons. The first-order valence-electron chi connectivity index (χ1n) is 9.99. The second-order valence-electron chi connectivity index (χ2n) is 7.93. The van der Waals surface area contributed by atoms with Crippen molar-refractivity contribution in [1.82, 2.24) is 0 Å². The molecule has 0 heterocycles. The highest BCUT2D eigenvalue weighted by molar-refractivity contribution is 6.53. The van der Waals surface area contributed by atoms with Crippen LogP contribution < -0.4 is 10.6 Å². The highest BCUT2D eigenvalue weighted by Crippen LogP contribution is 2.65. The number of aryl methyl sites for hydroxylation is 1. The minimum Gasteiger partial charge on any atom is -0.326 e. The van der Waals surface area contributed by atoms with E-state index in [2.05, 4.69) is 10.6 Å². The number of nitrogens with one attached hydrogen (secondary N) is 2. The van der Waals surface area contributed by atoms with E-state index in [0.717, 1.165) is 5.56 Å². The second-order valence-corrected chi connectivity index (χ2v) is 11.1. The molecule has 2 unspecified atom stereocenters. The van der Waals surface area contributed by atoms with Crippen molar-refractivity contribution in [2.24, 2.45) is 5.92 Å². The average Bonchev–Trinajstić information content (AvgIpc) is 3.33. The van der Waals surface area contributed by atoms with Crippen LogP contribution in [0, 0.1) is 12.8 Å². The lowest BCUT2D eigenvalue weighted by Gasteiger charge is -2.11. The van der Waals surface area contributed by atoms with E-state index in [-0.39, 0.29) is 10.6 Å². The molecule has 10 heteroatoms. The fraction of sp³-hybridized carbons (Fsp3) is 0.167. The van der Waals surface area contributed by atoms with Crippen molar-refractivity contribution in [2.45, 2.75) is 17.2 Å². The Labute approximate surface area is 226 Å². The van der Waals surface area contributed by atoms with Gasteiger partial charge in [-0.3, -0.25) is 9.59 Å². The number of carbonyl (C=O) groups excluding carboxylic acids is 2. The summed E-state index contributed by atoms with van der Waals surface area (Å²) in [6.45, 7) is 1.86. The second kappa shape index (κ2) is 9.77. The maximum atomic E-state index is 13.0. The predicted octanol–water partition coefficient (Wildman–Crippen LogP) is 8.39. The van der Waals surface area contributed by atoms with Crippen LogP contribution in [0.2, 0.25) is 20.1 Å². The SMILES string of the molecule is Cc1ccc(NC(=O)c2cc(NC(=O)C3C(c4cc(Cl)cc(Cl)c4)C3(Cl)Cl)ccc2Cl)cc1Cl. The quantitative estimate of drug-likeness (QED) is 0.300. The van der Waals surface area contributed by atoms with Gasteiger partial charge in [0.2, 0.25) is 5.91 Å². The van der Waals surface area contributed by atoms with E-state index in [0.29, 0.717) is 32.0 Å². The molecule has 0 bridgehead atoms. The van der Waals surface area contributed by atoms with Crippen molar-refractivity contribution >= 4 is 92.8 Å². The number of amides is 2. The monoisotopic (exact) mass is 574 g/mol. The maximum absolute atomic E-state index is 13.0. The van der Waals surface area contributed by atoms with Crippen molar-refractivity contribution in [1.29, 1.82) is 0 Å². The number of hydrogen-bond acceptors (Lipinski definition) is 2. The van der Waals surface area contributed by atoms with Gasteiger partial charge >= 0.3 is 0 Å². The molecule has 3 aromatic carbocycles. The zero-order valence-corrected chi connectivity index (χ0v) is 22.0. The number of carbonyl (C=O) groups is 2. The zero-order valence-electron chi connectivity index (χ0n) is 17.4. The van der Waals surface area contributed by atoms with Gasteiger partial charge in [0.15, 0.2) is 0 Å². The van der Waals surface area contributed by atoms with E-state index >= 15 is 0 Å². The summed E-state index contributed by atoms with van der Waals surface area (Å²) in [7, 11) is 0. The zero-order chi connectivity index (χ0) is 24.8. The number of anilines is 2. The Kier molecular flexibility index (Phi) is 7.31. The largest absolute Gasteiger partial charge is 0.326 e. The minimum atomic E-state index is -1.32. The molecule has 34 heavy (non-hydrogen) atoms. The molecule has 0 aromatic heterocycles. The number of rotatable bonds is 5. The molecule has 3 aromatic rings. The standard InChI is InChI=1S/C24H16Cl6N2O2/c1-11-2-3-16(10-19(11)28)31-22(33)17-9-15(4-5-18(17)27)32-23(34)21-20(24(21,29)30)12-6-13(25)8-14(26)7-12/h2-10,20-21H,1H3,(H,31,33)(H,32,34). The topological polar surface area (TPSA) is 58.2 Å². The summed E-state index contributed by atoms with van der Waals surface area (Å²) in [5.74, 6) is -2.10. The first kappa shape index (κ1) is 25.4. The lowest BCUT2D eigenvalue weighted by Crippen LogP contribution is -2.18. The van der Waals surface area contributed by atoms with Crippen molar-refractivity contribution < 1.29 is 9.59 Å². The van der Waals surface area contributed by atoms with Gasteiger partial charge in [-0.25, -0.2) is 0 Å². The number of halogens is 6. The van der Waals surface area contributed by atoms with Crippen LogP contribution in [0.25, 0.3) is 0 Å². The third kappa shape index (κ3) is 5.28. The number of alkyl halides is 2. The summed E-state index contributed by atoms with van der Waals surface area (Å²) >= 11 is 37.4. The lowest BCUT2D eigenvalue weighted by molar-refractivity contribution is -0.117. The molecule has 2 N–H and O–H groups in total. The summed E-state index contributed by atoms with van der Waals surface area (Å²) < 4.78 is -1.32. The first-order valence-corrected chi connectivity index (χ1v) is 12.3. The third-order valence-corrected chi connectivity index (χ3v) is 7.60. The van der Waals surface area contributed by atoms with Gasteiger partial charge in [0.1, 0.15) is 4.33 Å². The summed E-state index contributed by atoms with van der Waals surface area (Å²) in [5, 5.41) is 7.08. The van der Waals surface area contributed by atoms with E-state index in [9.17, 15) is 9.59 Å². The molecule has 4 nitrogen and oxygen atoms in total. The molecule has 0 aliphatic heterocycles.